The monoisotopic (exact) mass is 439 g/mol. The highest BCUT2D eigenvalue weighted by Crippen LogP contribution is 2.52. The van der Waals surface area contributed by atoms with Crippen molar-refractivity contribution in [3.05, 3.63) is 12.3 Å². The lowest BCUT2D eigenvalue weighted by atomic mass is 10.2. The Morgan fingerprint density at radius 2 is 1.73 bits per heavy atom. The van der Waals surface area contributed by atoms with Gasteiger partial charge in [-0.25, -0.2) is 4.98 Å². The molecule has 0 unspecified atom stereocenters. The number of methoxy groups -OCH3 is 1. The number of amides is 2. The van der Waals surface area contributed by atoms with Crippen LogP contribution in [0.2, 0.25) is 10.1 Å². The van der Waals surface area contributed by atoms with Crippen molar-refractivity contribution in [1.29, 1.82) is 0 Å². The quantitative estimate of drug-likeness (QED) is 0.461. The number of pyridine rings is 1. The molecule has 0 saturated carbocycles. The van der Waals surface area contributed by atoms with Crippen molar-refractivity contribution in [3.63, 3.8) is 0 Å². The van der Waals surface area contributed by atoms with Gasteiger partial charge in [-0.15, -0.1) is 0 Å². The topological polar surface area (TPSA) is 85.5 Å². The molecule has 0 saturated heterocycles. The normalized spacial score (nSPS) is 12.6. The van der Waals surface area contributed by atoms with E-state index in [4.69, 9.17) is 10.5 Å². The highest BCUT2D eigenvalue weighted by Gasteiger charge is 2.58. The minimum Gasteiger partial charge on any atom is -0.497 e. The van der Waals surface area contributed by atoms with E-state index in [-0.39, 0.29) is 18.7 Å². The minimum absolute atomic E-state index is 0.0105. The van der Waals surface area contributed by atoms with Crippen molar-refractivity contribution >= 4 is 31.2 Å². The number of ether oxygens (including phenoxy) is 1. The molecule has 0 atom stereocenters. The van der Waals surface area contributed by atoms with Gasteiger partial charge in [0, 0.05) is 36.8 Å². The fourth-order valence-corrected chi connectivity index (χ4v) is 8.61. The molecule has 0 radical (unpaired) electrons. The molecule has 6 nitrogen and oxygen atoms in total. The Balaban J connectivity index is 3.50. The smallest absolute Gasteiger partial charge is 0.293 e. The molecule has 0 aliphatic heterocycles. The molecule has 0 aliphatic rings. The predicted octanol–water partition coefficient (Wildman–Crippen LogP) is 4.21. The molecule has 1 heterocycles. The zero-order chi connectivity index (χ0) is 23.3. The van der Waals surface area contributed by atoms with Crippen LogP contribution in [0.25, 0.3) is 0 Å². The number of aromatic nitrogens is 1. The van der Waals surface area contributed by atoms with Gasteiger partial charge in [-0.1, -0.05) is 54.9 Å². The van der Waals surface area contributed by atoms with Gasteiger partial charge in [-0.05, 0) is 16.5 Å². The van der Waals surface area contributed by atoms with E-state index in [1.807, 2.05) is 48.5 Å². The SMILES string of the molecule is CCCCN(C(=O)CCC(N)=O)c1cc(OC)c([Si](F)(C(C)(C)C)C(C)(C)C)cn1. The summed E-state index contributed by atoms with van der Waals surface area (Å²) in [7, 11) is -2.08. The molecule has 0 spiro atoms. The van der Waals surface area contributed by atoms with Crippen molar-refractivity contribution in [1.82, 2.24) is 4.98 Å². The number of nitrogens with zero attached hydrogens (tertiary/aromatic N) is 2. The van der Waals surface area contributed by atoms with Crippen LogP contribution >= 0.6 is 0 Å². The van der Waals surface area contributed by atoms with Crippen molar-refractivity contribution in [2.75, 3.05) is 18.6 Å². The van der Waals surface area contributed by atoms with Crippen LogP contribution in [0.5, 0.6) is 5.75 Å². The first kappa shape index (κ1) is 26.1. The highest BCUT2D eigenvalue weighted by molar-refractivity contribution is 6.91. The van der Waals surface area contributed by atoms with E-state index in [1.165, 1.54) is 18.2 Å². The van der Waals surface area contributed by atoms with Gasteiger partial charge >= 0.3 is 0 Å². The summed E-state index contributed by atoms with van der Waals surface area (Å²) in [4.78, 5) is 29.8. The molecule has 170 valence electrons. The lowest BCUT2D eigenvalue weighted by Gasteiger charge is -2.45. The molecule has 1 rings (SSSR count). The highest BCUT2D eigenvalue weighted by atomic mass is 28.4. The third-order valence-corrected chi connectivity index (χ3v) is 10.7. The summed E-state index contributed by atoms with van der Waals surface area (Å²) >= 11 is 0. The van der Waals surface area contributed by atoms with Crippen molar-refractivity contribution in [3.8, 4) is 5.75 Å². The number of halogens is 1. The molecule has 0 fully saturated rings. The van der Waals surface area contributed by atoms with Crippen LogP contribution < -0.4 is 20.6 Å². The minimum atomic E-state index is -3.59. The summed E-state index contributed by atoms with van der Waals surface area (Å²) in [5.41, 5.74) is 5.19. The molecule has 1 aromatic rings. The van der Waals surface area contributed by atoms with Crippen LogP contribution in [0.15, 0.2) is 12.3 Å². The third-order valence-electron chi connectivity index (χ3n) is 5.41. The Morgan fingerprint density at radius 3 is 2.17 bits per heavy atom. The maximum atomic E-state index is 16.8. The molecule has 8 heteroatoms. The summed E-state index contributed by atoms with van der Waals surface area (Å²) in [5, 5.41) is -0.671. The first-order valence-corrected chi connectivity index (χ1v) is 12.4. The number of carbonyl (C=O) groups excluding carboxylic acids is 2. The van der Waals surface area contributed by atoms with Gasteiger partial charge in [0.15, 0.2) is 0 Å². The average Bonchev–Trinajstić information content (AvgIpc) is 2.63. The maximum absolute atomic E-state index is 16.8. The van der Waals surface area contributed by atoms with E-state index >= 15 is 4.11 Å². The molecule has 30 heavy (non-hydrogen) atoms. The van der Waals surface area contributed by atoms with Gasteiger partial charge in [-0.2, -0.15) is 0 Å². The van der Waals surface area contributed by atoms with E-state index in [1.54, 1.807) is 6.07 Å². The molecule has 0 aromatic carbocycles. The first-order valence-electron chi connectivity index (χ1n) is 10.5. The van der Waals surface area contributed by atoms with E-state index in [0.717, 1.165) is 12.8 Å². The average molecular weight is 440 g/mol. The molecular formula is C22H38FN3O3Si. The number of hydrogen-bond donors (Lipinski definition) is 1. The van der Waals surface area contributed by atoms with Crippen molar-refractivity contribution in [2.24, 2.45) is 5.73 Å². The predicted molar refractivity (Wildman–Crippen MR) is 122 cm³/mol. The summed E-state index contributed by atoms with van der Waals surface area (Å²) < 4.78 is 22.4. The Labute approximate surface area is 181 Å². The molecule has 1 aromatic heterocycles. The Hall–Kier alpha value is -1.96. The number of nitrogens with two attached hydrogens (primary N) is 1. The second kappa shape index (κ2) is 9.90. The van der Waals surface area contributed by atoms with Crippen LogP contribution in [0, 0.1) is 0 Å². The molecule has 2 amide bonds. The Kier molecular flexibility index (Phi) is 8.60. The largest absolute Gasteiger partial charge is 0.497 e. The number of primary amides is 1. The fraction of sp³-hybridized carbons (Fsp3) is 0.682. The first-order chi connectivity index (χ1) is 13.7. The van der Waals surface area contributed by atoms with Gasteiger partial charge in [0.1, 0.15) is 11.6 Å². The standard InChI is InChI=1S/C22H38FN3O3Si/c1-9-10-13-26(20(28)12-11-18(24)27)19-14-16(29-8)17(15-25-19)30(23,21(2,3)4)22(5,6)7/h14-15H,9-13H2,1-8H3,(H2,24,27). The number of hydrogen-bond acceptors (Lipinski definition) is 4. The molecule has 0 aliphatic carbocycles. The zero-order valence-corrected chi connectivity index (χ0v) is 20.8. The summed E-state index contributed by atoms with van der Waals surface area (Å²) in [6, 6.07) is 1.64. The Bertz CT molecular complexity index is 743. The zero-order valence-electron chi connectivity index (χ0n) is 19.8. The van der Waals surface area contributed by atoms with E-state index < -0.39 is 24.4 Å². The van der Waals surface area contributed by atoms with Gasteiger partial charge in [0.25, 0.3) is 8.41 Å². The van der Waals surface area contributed by atoms with Crippen molar-refractivity contribution in [2.45, 2.75) is 84.2 Å². The number of rotatable bonds is 9. The second-order valence-electron chi connectivity index (χ2n) is 9.77. The maximum Gasteiger partial charge on any atom is 0.293 e. The number of unbranched alkanes of at least 4 members (excludes halogenated alkanes) is 1. The lowest BCUT2D eigenvalue weighted by Crippen LogP contribution is -2.58. The number of carbonyl (C=O) groups is 2. The van der Waals surface area contributed by atoms with Gasteiger partial charge in [0.2, 0.25) is 11.8 Å². The van der Waals surface area contributed by atoms with Crippen LogP contribution in [0.1, 0.15) is 74.1 Å². The van der Waals surface area contributed by atoms with E-state index in [2.05, 4.69) is 4.98 Å². The van der Waals surface area contributed by atoms with Crippen LogP contribution in [-0.2, 0) is 9.59 Å². The molecular weight excluding hydrogens is 401 g/mol. The summed E-state index contributed by atoms with van der Waals surface area (Å²) in [5.74, 6) is 0.0455. The van der Waals surface area contributed by atoms with Crippen LogP contribution in [0.4, 0.5) is 9.93 Å². The third kappa shape index (κ3) is 5.59. The second-order valence-corrected chi connectivity index (χ2v) is 14.6. The van der Waals surface area contributed by atoms with E-state index in [0.29, 0.717) is 23.3 Å². The van der Waals surface area contributed by atoms with Crippen molar-refractivity contribution < 1.29 is 18.4 Å². The Morgan fingerprint density at radius 1 is 1.17 bits per heavy atom. The van der Waals surface area contributed by atoms with Gasteiger partial charge < -0.3 is 14.6 Å². The van der Waals surface area contributed by atoms with E-state index in [9.17, 15) is 9.59 Å². The van der Waals surface area contributed by atoms with Crippen LogP contribution in [0.3, 0.4) is 0 Å². The van der Waals surface area contributed by atoms with Gasteiger partial charge in [-0.3, -0.25) is 14.5 Å². The van der Waals surface area contributed by atoms with Crippen LogP contribution in [-0.4, -0.2) is 38.9 Å². The lowest BCUT2D eigenvalue weighted by molar-refractivity contribution is -0.123. The molecule has 2 N–H and O–H groups in total. The van der Waals surface area contributed by atoms with Gasteiger partial charge in [0.05, 0.1) is 7.11 Å². The molecule has 0 bridgehead atoms. The summed E-state index contributed by atoms with van der Waals surface area (Å²) in [6.45, 7) is 14.0. The summed E-state index contributed by atoms with van der Waals surface area (Å²) in [6.07, 6.45) is 3.20. The number of anilines is 1. The fourth-order valence-electron chi connectivity index (χ4n) is 3.98.